The standard InChI is InChI=1S/C14H8F3N3O2/c15-14(16,17)9-4-1-3-8(7-9)11-18-19-12-10(13(21)22)5-2-6-20(11)12/h1-7H,(H,21,22). The molecule has 112 valence electrons. The molecule has 8 heteroatoms. The molecule has 2 heterocycles. The van der Waals surface area contributed by atoms with E-state index < -0.39 is 17.7 Å². The molecule has 2 aromatic heterocycles. The van der Waals surface area contributed by atoms with Crippen LogP contribution in [-0.2, 0) is 6.18 Å². The highest BCUT2D eigenvalue weighted by Gasteiger charge is 2.30. The van der Waals surface area contributed by atoms with Gasteiger partial charge in [0.2, 0.25) is 0 Å². The van der Waals surface area contributed by atoms with Crippen LogP contribution in [0.5, 0.6) is 0 Å². The normalized spacial score (nSPS) is 11.8. The summed E-state index contributed by atoms with van der Waals surface area (Å²) >= 11 is 0. The van der Waals surface area contributed by atoms with Crippen molar-refractivity contribution in [3.8, 4) is 11.4 Å². The van der Waals surface area contributed by atoms with Crippen LogP contribution in [0.1, 0.15) is 15.9 Å². The Hall–Kier alpha value is -2.90. The van der Waals surface area contributed by atoms with Crippen LogP contribution >= 0.6 is 0 Å². The van der Waals surface area contributed by atoms with Crippen molar-refractivity contribution < 1.29 is 23.1 Å². The molecule has 0 aliphatic heterocycles. The average molecular weight is 307 g/mol. The maximum Gasteiger partial charge on any atom is 0.416 e. The fourth-order valence-corrected chi connectivity index (χ4v) is 2.11. The molecule has 0 saturated heterocycles. The van der Waals surface area contributed by atoms with Crippen LogP contribution in [-0.4, -0.2) is 25.7 Å². The molecule has 0 bridgehead atoms. The topological polar surface area (TPSA) is 67.5 Å². The quantitative estimate of drug-likeness (QED) is 0.790. The first-order chi connectivity index (χ1) is 10.4. The number of rotatable bonds is 2. The molecule has 0 aliphatic carbocycles. The molecule has 3 rings (SSSR count). The van der Waals surface area contributed by atoms with Crippen LogP contribution in [0.4, 0.5) is 13.2 Å². The van der Waals surface area contributed by atoms with E-state index in [9.17, 15) is 18.0 Å². The van der Waals surface area contributed by atoms with Gasteiger partial charge in [-0.05, 0) is 24.3 Å². The maximum atomic E-state index is 12.8. The molecule has 3 aromatic rings. The summed E-state index contributed by atoms with van der Waals surface area (Å²) in [5, 5.41) is 16.7. The summed E-state index contributed by atoms with van der Waals surface area (Å²) in [5.74, 6) is -1.04. The lowest BCUT2D eigenvalue weighted by Crippen LogP contribution is -2.05. The van der Waals surface area contributed by atoms with E-state index >= 15 is 0 Å². The fraction of sp³-hybridized carbons (Fsp3) is 0.0714. The summed E-state index contributed by atoms with van der Waals surface area (Å²) in [6, 6.07) is 7.44. The molecule has 0 unspecified atom stereocenters. The van der Waals surface area contributed by atoms with Gasteiger partial charge in [0.1, 0.15) is 5.56 Å². The number of alkyl halides is 3. The number of aromatic nitrogens is 3. The van der Waals surface area contributed by atoms with Gasteiger partial charge in [-0.3, -0.25) is 4.40 Å². The van der Waals surface area contributed by atoms with Gasteiger partial charge in [-0.25, -0.2) is 4.79 Å². The van der Waals surface area contributed by atoms with Gasteiger partial charge in [0, 0.05) is 11.8 Å². The van der Waals surface area contributed by atoms with Gasteiger partial charge in [0.25, 0.3) is 0 Å². The van der Waals surface area contributed by atoms with Crippen molar-refractivity contribution >= 4 is 11.6 Å². The van der Waals surface area contributed by atoms with E-state index in [1.807, 2.05) is 0 Å². The Kier molecular flexibility index (Phi) is 3.09. The third kappa shape index (κ3) is 2.28. The predicted octanol–water partition coefficient (Wildman–Crippen LogP) is 3.11. The van der Waals surface area contributed by atoms with Crippen molar-refractivity contribution in [2.45, 2.75) is 6.18 Å². The summed E-state index contributed by atoms with van der Waals surface area (Å²) in [4.78, 5) is 11.1. The number of carboxylic acid groups (broad SMARTS) is 1. The first-order valence-corrected chi connectivity index (χ1v) is 6.12. The van der Waals surface area contributed by atoms with E-state index in [0.29, 0.717) is 0 Å². The Morgan fingerprint density at radius 1 is 1.14 bits per heavy atom. The molecule has 0 fully saturated rings. The minimum atomic E-state index is -4.47. The first kappa shape index (κ1) is 14.1. The average Bonchev–Trinajstić information content (AvgIpc) is 2.90. The van der Waals surface area contributed by atoms with Crippen LogP contribution < -0.4 is 0 Å². The zero-order valence-corrected chi connectivity index (χ0v) is 10.9. The minimum Gasteiger partial charge on any atom is -0.478 e. The summed E-state index contributed by atoms with van der Waals surface area (Å²) in [6.45, 7) is 0. The van der Waals surface area contributed by atoms with Crippen molar-refractivity contribution in [1.29, 1.82) is 0 Å². The monoisotopic (exact) mass is 307 g/mol. The number of pyridine rings is 1. The van der Waals surface area contributed by atoms with Crippen molar-refractivity contribution in [2.75, 3.05) is 0 Å². The van der Waals surface area contributed by atoms with E-state index in [4.69, 9.17) is 5.11 Å². The number of aromatic carboxylic acids is 1. The highest BCUT2D eigenvalue weighted by molar-refractivity contribution is 5.94. The minimum absolute atomic E-state index is 0.0717. The molecule has 0 amide bonds. The van der Waals surface area contributed by atoms with Crippen molar-refractivity contribution in [1.82, 2.24) is 14.6 Å². The SMILES string of the molecule is O=C(O)c1cccn2c(-c3cccc(C(F)(F)F)c3)nnc12. The maximum absolute atomic E-state index is 12.8. The summed E-state index contributed by atoms with van der Waals surface area (Å²) in [7, 11) is 0. The number of hydrogen-bond donors (Lipinski definition) is 1. The second kappa shape index (κ2) is 4.83. The molecule has 1 aromatic carbocycles. The van der Waals surface area contributed by atoms with Crippen LogP contribution in [0.2, 0.25) is 0 Å². The lowest BCUT2D eigenvalue weighted by molar-refractivity contribution is -0.137. The van der Waals surface area contributed by atoms with Gasteiger partial charge >= 0.3 is 12.1 Å². The van der Waals surface area contributed by atoms with Gasteiger partial charge < -0.3 is 5.11 Å². The molecule has 0 saturated carbocycles. The van der Waals surface area contributed by atoms with Crippen LogP contribution in [0.15, 0.2) is 42.6 Å². The van der Waals surface area contributed by atoms with Crippen LogP contribution in [0, 0.1) is 0 Å². The zero-order valence-electron chi connectivity index (χ0n) is 10.9. The van der Waals surface area contributed by atoms with Gasteiger partial charge in [0.15, 0.2) is 11.5 Å². The largest absolute Gasteiger partial charge is 0.478 e. The summed E-state index contributed by atoms with van der Waals surface area (Å²) in [6.07, 6.45) is -2.97. The second-order valence-corrected chi connectivity index (χ2v) is 4.52. The molecule has 0 aliphatic rings. The number of fused-ring (bicyclic) bond motifs is 1. The third-order valence-corrected chi connectivity index (χ3v) is 3.11. The van der Waals surface area contributed by atoms with Crippen molar-refractivity contribution in [3.05, 3.63) is 53.7 Å². The third-order valence-electron chi connectivity index (χ3n) is 3.11. The molecule has 0 radical (unpaired) electrons. The Morgan fingerprint density at radius 2 is 1.91 bits per heavy atom. The molecular formula is C14H8F3N3O2. The number of hydrogen-bond acceptors (Lipinski definition) is 3. The lowest BCUT2D eigenvalue weighted by Gasteiger charge is -2.08. The Balaban J connectivity index is 2.20. The molecule has 1 N–H and O–H groups in total. The van der Waals surface area contributed by atoms with E-state index in [-0.39, 0.29) is 22.6 Å². The first-order valence-electron chi connectivity index (χ1n) is 6.12. The lowest BCUT2D eigenvalue weighted by atomic mass is 10.1. The molecule has 0 spiro atoms. The Morgan fingerprint density at radius 3 is 2.59 bits per heavy atom. The number of benzene rings is 1. The molecule has 22 heavy (non-hydrogen) atoms. The van der Waals surface area contributed by atoms with E-state index in [0.717, 1.165) is 12.1 Å². The second-order valence-electron chi connectivity index (χ2n) is 4.52. The van der Waals surface area contributed by atoms with Crippen molar-refractivity contribution in [3.63, 3.8) is 0 Å². The Labute approximate surface area is 121 Å². The number of carbonyl (C=O) groups is 1. The van der Waals surface area contributed by atoms with Crippen LogP contribution in [0.25, 0.3) is 17.0 Å². The molecular weight excluding hydrogens is 299 g/mol. The van der Waals surface area contributed by atoms with Gasteiger partial charge in [0.05, 0.1) is 5.56 Å². The van der Waals surface area contributed by atoms with E-state index in [1.165, 1.54) is 34.9 Å². The van der Waals surface area contributed by atoms with Crippen LogP contribution in [0.3, 0.4) is 0 Å². The summed E-state index contributed by atoms with van der Waals surface area (Å²) < 4.78 is 39.7. The highest BCUT2D eigenvalue weighted by Crippen LogP contribution is 2.31. The molecule has 0 atom stereocenters. The van der Waals surface area contributed by atoms with Gasteiger partial charge in [-0.1, -0.05) is 12.1 Å². The number of nitrogens with zero attached hydrogens (tertiary/aromatic N) is 3. The Bertz CT molecular complexity index is 871. The number of halogens is 3. The fourth-order valence-electron chi connectivity index (χ4n) is 2.11. The van der Waals surface area contributed by atoms with Gasteiger partial charge in [-0.2, -0.15) is 13.2 Å². The highest BCUT2D eigenvalue weighted by atomic mass is 19.4. The van der Waals surface area contributed by atoms with Crippen molar-refractivity contribution in [2.24, 2.45) is 0 Å². The molecule has 5 nitrogen and oxygen atoms in total. The zero-order chi connectivity index (χ0) is 15.9. The smallest absolute Gasteiger partial charge is 0.416 e. The van der Waals surface area contributed by atoms with Gasteiger partial charge in [-0.15, -0.1) is 10.2 Å². The summed E-state index contributed by atoms with van der Waals surface area (Å²) in [5.41, 5.74) is -0.614. The van der Waals surface area contributed by atoms with E-state index in [1.54, 1.807) is 0 Å². The number of carboxylic acids is 1. The predicted molar refractivity (Wildman–Crippen MR) is 70.4 cm³/mol. The van der Waals surface area contributed by atoms with E-state index in [2.05, 4.69) is 10.2 Å².